The summed E-state index contributed by atoms with van der Waals surface area (Å²) in [7, 11) is 0. The molecule has 0 aliphatic carbocycles. The number of hydrogen-bond acceptors (Lipinski definition) is 4. The number of carbonyl (C=O) groups excluding carboxylic acids is 1. The number of Topliss-reactive ketones (excluding diaryl/α,β-unsaturated/α-hetero) is 1. The molecular weight excluding hydrogens is 358 g/mol. The van der Waals surface area contributed by atoms with Crippen molar-refractivity contribution in [3.63, 3.8) is 0 Å². The molecule has 0 atom stereocenters. The van der Waals surface area contributed by atoms with Crippen LogP contribution in [0.4, 0.5) is 0 Å². The molecule has 0 amide bonds. The van der Waals surface area contributed by atoms with E-state index < -0.39 is 0 Å². The summed E-state index contributed by atoms with van der Waals surface area (Å²) in [5.74, 6) is 0.163. The van der Waals surface area contributed by atoms with Crippen molar-refractivity contribution in [3.05, 3.63) is 19.2 Å². The molecule has 0 N–H and O–H groups in total. The van der Waals surface area contributed by atoms with Gasteiger partial charge in [-0.25, -0.2) is 0 Å². The van der Waals surface area contributed by atoms with E-state index in [4.69, 9.17) is 4.74 Å². The van der Waals surface area contributed by atoms with Crippen molar-refractivity contribution < 1.29 is 9.53 Å². The third-order valence-electron chi connectivity index (χ3n) is 2.43. The van der Waals surface area contributed by atoms with Crippen molar-refractivity contribution in [2.24, 2.45) is 0 Å². The molecule has 88 valence electrons. The van der Waals surface area contributed by atoms with Gasteiger partial charge in [-0.15, -0.1) is 11.3 Å². The van der Waals surface area contributed by atoms with Crippen molar-refractivity contribution in [2.75, 3.05) is 32.8 Å². The van der Waals surface area contributed by atoms with Crippen molar-refractivity contribution in [1.82, 2.24) is 4.90 Å². The molecule has 2 rings (SSSR count). The van der Waals surface area contributed by atoms with E-state index in [1.54, 1.807) is 0 Å². The van der Waals surface area contributed by atoms with E-state index in [1.807, 2.05) is 6.07 Å². The molecule has 0 unspecified atom stereocenters. The first kappa shape index (κ1) is 12.7. The predicted molar refractivity (Wildman–Crippen MR) is 71.3 cm³/mol. The Hall–Kier alpha value is 0.250. The molecule has 0 radical (unpaired) electrons. The first-order valence-corrected chi connectivity index (χ1v) is 7.35. The summed E-state index contributed by atoms with van der Waals surface area (Å²) >= 11 is 8.32. The van der Waals surface area contributed by atoms with Crippen LogP contribution in [0.2, 0.25) is 0 Å². The molecule has 1 aliphatic heterocycles. The number of thiophene rings is 1. The second-order valence-corrected chi connectivity index (χ2v) is 7.30. The standard InChI is InChI=1S/C10H11Br2NO2S/c11-9-5-7(10(12)16-9)8(14)6-13-1-3-15-4-2-13/h5H,1-4,6H2. The number of carbonyl (C=O) groups is 1. The maximum absolute atomic E-state index is 12.0. The largest absolute Gasteiger partial charge is 0.379 e. The van der Waals surface area contributed by atoms with Gasteiger partial charge in [0.2, 0.25) is 0 Å². The van der Waals surface area contributed by atoms with Crippen LogP contribution < -0.4 is 0 Å². The Morgan fingerprint density at radius 1 is 1.44 bits per heavy atom. The smallest absolute Gasteiger partial charge is 0.178 e. The number of rotatable bonds is 3. The Morgan fingerprint density at radius 3 is 2.69 bits per heavy atom. The van der Waals surface area contributed by atoms with Gasteiger partial charge in [0, 0.05) is 18.7 Å². The van der Waals surface area contributed by atoms with E-state index in [-0.39, 0.29) is 5.78 Å². The summed E-state index contributed by atoms with van der Waals surface area (Å²) in [5, 5.41) is 0. The molecule has 3 nitrogen and oxygen atoms in total. The number of nitrogens with zero attached hydrogens (tertiary/aromatic N) is 1. The van der Waals surface area contributed by atoms with E-state index in [2.05, 4.69) is 36.8 Å². The highest BCUT2D eigenvalue weighted by Gasteiger charge is 2.18. The lowest BCUT2D eigenvalue weighted by Crippen LogP contribution is -2.39. The maximum atomic E-state index is 12.0. The quantitative estimate of drug-likeness (QED) is 0.768. The van der Waals surface area contributed by atoms with Crippen LogP contribution in [0, 0.1) is 0 Å². The van der Waals surface area contributed by atoms with Gasteiger partial charge in [-0.3, -0.25) is 9.69 Å². The summed E-state index contributed by atoms with van der Waals surface area (Å²) in [4.78, 5) is 14.1. The number of ether oxygens (including phenoxy) is 1. The topological polar surface area (TPSA) is 29.5 Å². The third kappa shape index (κ3) is 3.13. The number of ketones is 1. The van der Waals surface area contributed by atoms with E-state index in [0.717, 1.165) is 39.4 Å². The van der Waals surface area contributed by atoms with Crippen LogP contribution >= 0.6 is 43.2 Å². The molecule has 2 heterocycles. The lowest BCUT2D eigenvalue weighted by molar-refractivity contribution is 0.0371. The first-order valence-electron chi connectivity index (χ1n) is 4.95. The van der Waals surface area contributed by atoms with Gasteiger partial charge in [0.05, 0.1) is 27.3 Å². The maximum Gasteiger partial charge on any atom is 0.178 e. The van der Waals surface area contributed by atoms with Gasteiger partial charge < -0.3 is 4.74 Å². The summed E-state index contributed by atoms with van der Waals surface area (Å²) in [6, 6.07) is 1.87. The molecule has 1 saturated heterocycles. The van der Waals surface area contributed by atoms with Crippen LogP contribution in [-0.4, -0.2) is 43.5 Å². The lowest BCUT2D eigenvalue weighted by Gasteiger charge is -2.25. The Morgan fingerprint density at radius 2 is 2.12 bits per heavy atom. The molecule has 0 aromatic carbocycles. The van der Waals surface area contributed by atoms with Gasteiger partial charge >= 0.3 is 0 Å². The van der Waals surface area contributed by atoms with Crippen LogP contribution in [0.5, 0.6) is 0 Å². The molecule has 1 aliphatic rings. The van der Waals surface area contributed by atoms with Gasteiger partial charge in [-0.05, 0) is 37.9 Å². The minimum atomic E-state index is 0.163. The van der Waals surface area contributed by atoms with Crippen LogP contribution in [0.1, 0.15) is 10.4 Å². The van der Waals surface area contributed by atoms with Gasteiger partial charge in [-0.1, -0.05) is 0 Å². The fourth-order valence-corrected chi connectivity index (χ4v) is 4.43. The highest BCUT2D eigenvalue weighted by molar-refractivity contribution is 9.12. The fourth-order valence-electron chi connectivity index (χ4n) is 1.58. The fraction of sp³-hybridized carbons (Fsp3) is 0.500. The van der Waals surface area contributed by atoms with Crippen LogP contribution in [0.25, 0.3) is 0 Å². The van der Waals surface area contributed by atoms with Gasteiger partial charge in [0.1, 0.15) is 0 Å². The van der Waals surface area contributed by atoms with E-state index in [0.29, 0.717) is 6.54 Å². The van der Waals surface area contributed by atoms with E-state index >= 15 is 0 Å². The summed E-state index contributed by atoms with van der Waals surface area (Å²) in [5.41, 5.74) is 0.767. The van der Waals surface area contributed by atoms with E-state index in [1.165, 1.54) is 11.3 Å². The Labute approximate surface area is 115 Å². The normalized spacial score (nSPS) is 17.6. The van der Waals surface area contributed by atoms with Crippen LogP contribution in [-0.2, 0) is 4.74 Å². The minimum Gasteiger partial charge on any atom is -0.379 e. The second kappa shape index (κ2) is 5.73. The zero-order valence-corrected chi connectivity index (χ0v) is 12.5. The highest BCUT2D eigenvalue weighted by Crippen LogP contribution is 2.32. The lowest BCUT2D eigenvalue weighted by atomic mass is 10.2. The van der Waals surface area contributed by atoms with Crippen molar-refractivity contribution in [1.29, 1.82) is 0 Å². The SMILES string of the molecule is O=C(CN1CCOCC1)c1cc(Br)sc1Br. The minimum absolute atomic E-state index is 0.163. The van der Waals surface area contributed by atoms with Gasteiger partial charge in [-0.2, -0.15) is 0 Å². The molecule has 0 bridgehead atoms. The summed E-state index contributed by atoms with van der Waals surface area (Å²) < 4.78 is 7.12. The second-order valence-electron chi connectivity index (χ2n) is 3.55. The zero-order valence-electron chi connectivity index (χ0n) is 8.54. The van der Waals surface area contributed by atoms with Crippen molar-refractivity contribution in [2.45, 2.75) is 0 Å². The van der Waals surface area contributed by atoms with E-state index in [9.17, 15) is 4.79 Å². The van der Waals surface area contributed by atoms with Crippen LogP contribution in [0.15, 0.2) is 13.6 Å². The molecule has 0 saturated carbocycles. The van der Waals surface area contributed by atoms with Crippen LogP contribution in [0.3, 0.4) is 0 Å². The average Bonchev–Trinajstić information content (AvgIpc) is 2.59. The molecular formula is C10H11Br2NO2S. The third-order valence-corrected chi connectivity index (χ3v) is 4.77. The predicted octanol–water partition coefficient (Wildman–Crippen LogP) is 2.79. The van der Waals surface area contributed by atoms with Crippen molar-refractivity contribution in [3.8, 4) is 0 Å². The Balaban J connectivity index is 1.99. The Bertz CT molecular complexity index is 388. The monoisotopic (exact) mass is 367 g/mol. The zero-order chi connectivity index (χ0) is 11.5. The van der Waals surface area contributed by atoms with Gasteiger partial charge in [0.25, 0.3) is 0 Å². The average molecular weight is 369 g/mol. The molecule has 16 heavy (non-hydrogen) atoms. The molecule has 0 spiro atoms. The molecule has 1 fully saturated rings. The summed E-state index contributed by atoms with van der Waals surface area (Å²) in [6.07, 6.45) is 0. The van der Waals surface area contributed by atoms with Gasteiger partial charge in [0.15, 0.2) is 5.78 Å². The molecule has 6 heteroatoms. The molecule has 1 aromatic rings. The Kier molecular flexibility index (Phi) is 4.55. The number of hydrogen-bond donors (Lipinski definition) is 0. The molecule has 1 aromatic heterocycles. The summed E-state index contributed by atoms with van der Waals surface area (Å²) in [6.45, 7) is 3.61. The number of halogens is 2. The highest BCUT2D eigenvalue weighted by atomic mass is 79.9. The first-order chi connectivity index (χ1) is 7.66. The van der Waals surface area contributed by atoms with Crippen molar-refractivity contribution >= 4 is 49.0 Å². The number of morpholine rings is 1.